The summed E-state index contributed by atoms with van der Waals surface area (Å²) in [4.78, 5) is 4.66. The fourth-order valence-electron chi connectivity index (χ4n) is 3.66. The molecule has 31 heavy (non-hydrogen) atoms. The van der Waals surface area contributed by atoms with Crippen molar-refractivity contribution in [2.45, 2.75) is 43.8 Å². The molecule has 0 spiro atoms. The molecule has 0 bridgehead atoms. The zero-order valence-electron chi connectivity index (χ0n) is 18.1. The highest BCUT2D eigenvalue weighted by atomic mass is 32.2. The van der Waals surface area contributed by atoms with Gasteiger partial charge >= 0.3 is 0 Å². The van der Waals surface area contributed by atoms with Gasteiger partial charge in [-0.25, -0.2) is 18.1 Å². The molecule has 0 unspecified atom stereocenters. The number of anilines is 1. The molecule has 0 saturated carbocycles. The normalized spacial score (nSPS) is 12.4. The van der Waals surface area contributed by atoms with Crippen molar-refractivity contribution in [1.29, 1.82) is 0 Å². The number of rotatable bonds is 4. The number of nitrogen functional groups attached to an aromatic ring is 1. The van der Waals surface area contributed by atoms with Gasteiger partial charge in [-0.05, 0) is 42.2 Å². The van der Waals surface area contributed by atoms with E-state index < -0.39 is 9.84 Å². The van der Waals surface area contributed by atoms with Crippen LogP contribution in [0.15, 0.2) is 65.6 Å². The van der Waals surface area contributed by atoms with Gasteiger partial charge in [0.2, 0.25) is 0 Å². The first-order valence-corrected chi connectivity index (χ1v) is 11.7. The number of aryl methyl sites for hydroxylation is 1. The number of nitrogens with zero attached hydrogens (tertiary/aromatic N) is 3. The molecule has 4 aromatic rings. The Bertz CT molecular complexity index is 1370. The lowest BCUT2D eigenvalue weighted by Gasteiger charge is -2.19. The van der Waals surface area contributed by atoms with E-state index in [1.54, 1.807) is 28.9 Å². The van der Waals surface area contributed by atoms with E-state index in [9.17, 15) is 8.42 Å². The SMILES string of the molecule is Cc1cc(CS(=O)(=O)c2ccc(C(C)(C)C)cc2)n(-c2cc(N)nc3ccccc23)n1. The number of pyridine rings is 1. The van der Waals surface area contributed by atoms with Crippen molar-refractivity contribution in [1.82, 2.24) is 14.8 Å². The summed E-state index contributed by atoms with van der Waals surface area (Å²) in [5.41, 5.74) is 9.82. The molecule has 2 aromatic carbocycles. The van der Waals surface area contributed by atoms with Crippen molar-refractivity contribution in [2.24, 2.45) is 0 Å². The van der Waals surface area contributed by atoms with Gasteiger partial charge in [0.05, 0.1) is 33.2 Å². The lowest BCUT2D eigenvalue weighted by atomic mass is 9.87. The second-order valence-electron chi connectivity index (χ2n) is 8.81. The Balaban J connectivity index is 1.77. The molecule has 4 rings (SSSR count). The van der Waals surface area contributed by atoms with Crippen LogP contribution in [0.4, 0.5) is 5.82 Å². The van der Waals surface area contributed by atoms with Crippen molar-refractivity contribution in [3.63, 3.8) is 0 Å². The smallest absolute Gasteiger partial charge is 0.184 e. The van der Waals surface area contributed by atoms with Crippen LogP contribution in [-0.2, 0) is 21.0 Å². The molecule has 7 heteroatoms. The van der Waals surface area contributed by atoms with E-state index in [-0.39, 0.29) is 11.2 Å². The first-order valence-electron chi connectivity index (χ1n) is 10.1. The fraction of sp³-hybridized carbons (Fsp3) is 0.250. The standard InChI is InChI=1S/C24H26N4O2S/c1-16-13-18(15-31(29,30)19-11-9-17(10-12-19)24(2,3)4)28(27-16)22-14-23(25)26-21-8-6-5-7-20(21)22/h5-14H,15H2,1-4H3,(H2,25,26). The molecule has 0 radical (unpaired) electrons. The molecule has 6 nitrogen and oxygen atoms in total. The second kappa shape index (κ2) is 7.50. The summed E-state index contributed by atoms with van der Waals surface area (Å²) in [6, 6.07) is 18.3. The summed E-state index contributed by atoms with van der Waals surface area (Å²) in [5, 5.41) is 5.42. The van der Waals surface area contributed by atoms with Gasteiger partial charge in [0.1, 0.15) is 5.82 Å². The van der Waals surface area contributed by atoms with Gasteiger partial charge in [-0.3, -0.25) is 0 Å². The Hall–Kier alpha value is -3.19. The van der Waals surface area contributed by atoms with Crippen LogP contribution in [0, 0.1) is 6.92 Å². The van der Waals surface area contributed by atoms with Gasteiger partial charge in [-0.15, -0.1) is 0 Å². The second-order valence-corrected chi connectivity index (χ2v) is 10.8. The van der Waals surface area contributed by atoms with Crippen LogP contribution in [0.2, 0.25) is 0 Å². The molecule has 0 aliphatic heterocycles. The monoisotopic (exact) mass is 434 g/mol. The Morgan fingerprint density at radius 2 is 1.68 bits per heavy atom. The maximum absolute atomic E-state index is 13.2. The maximum atomic E-state index is 13.2. The molecular formula is C24H26N4O2S. The van der Waals surface area contributed by atoms with Gasteiger partial charge in [0.15, 0.2) is 9.84 Å². The zero-order chi connectivity index (χ0) is 22.4. The Morgan fingerprint density at radius 1 is 1.00 bits per heavy atom. The summed E-state index contributed by atoms with van der Waals surface area (Å²) < 4.78 is 28.1. The van der Waals surface area contributed by atoms with E-state index in [2.05, 4.69) is 30.9 Å². The first kappa shape index (κ1) is 21.1. The Morgan fingerprint density at radius 3 is 2.35 bits per heavy atom. The molecule has 160 valence electrons. The molecule has 0 atom stereocenters. The van der Waals surface area contributed by atoms with Crippen molar-refractivity contribution in [3.8, 4) is 5.69 Å². The van der Waals surface area contributed by atoms with Crippen LogP contribution >= 0.6 is 0 Å². The summed E-state index contributed by atoms with van der Waals surface area (Å²) in [6.07, 6.45) is 0. The summed E-state index contributed by atoms with van der Waals surface area (Å²) in [5.74, 6) is 0.188. The average Bonchev–Trinajstić information content (AvgIpc) is 3.06. The largest absolute Gasteiger partial charge is 0.384 e. The van der Waals surface area contributed by atoms with Gasteiger partial charge < -0.3 is 5.73 Å². The molecular weight excluding hydrogens is 408 g/mol. The molecule has 0 fully saturated rings. The molecule has 2 aromatic heterocycles. The van der Waals surface area contributed by atoms with E-state index in [0.29, 0.717) is 22.1 Å². The third-order valence-electron chi connectivity index (χ3n) is 5.26. The van der Waals surface area contributed by atoms with Crippen molar-refractivity contribution < 1.29 is 8.42 Å². The Labute approximate surface area is 182 Å². The zero-order valence-corrected chi connectivity index (χ0v) is 18.9. The fourth-order valence-corrected chi connectivity index (χ4v) is 4.97. The molecule has 2 N–H and O–H groups in total. The highest BCUT2D eigenvalue weighted by Crippen LogP contribution is 2.28. The van der Waals surface area contributed by atoms with Gasteiger partial charge in [-0.1, -0.05) is 51.1 Å². The predicted molar refractivity (Wildman–Crippen MR) is 124 cm³/mol. The molecule has 0 aliphatic carbocycles. The third kappa shape index (κ3) is 4.18. The number of aromatic nitrogens is 3. The number of benzene rings is 2. The lowest BCUT2D eigenvalue weighted by molar-refractivity contribution is 0.585. The number of para-hydroxylation sites is 1. The van der Waals surface area contributed by atoms with Gasteiger partial charge in [-0.2, -0.15) is 5.10 Å². The predicted octanol–water partition coefficient (Wildman–Crippen LogP) is 4.58. The minimum atomic E-state index is -3.56. The van der Waals surface area contributed by atoms with E-state index in [4.69, 9.17) is 5.73 Å². The van der Waals surface area contributed by atoms with Crippen LogP contribution in [-0.4, -0.2) is 23.2 Å². The highest BCUT2D eigenvalue weighted by Gasteiger charge is 2.22. The molecule has 2 heterocycles. The number of sulfone groups is 1. The van der Waals surface area contributed by atoms with Crippen LogP contribution < -0.4 is 5.73 Å². The lowest BCUT2D eigenvalue weighted by Crippen LogP contribution is -2.13. The van der Waals surface area contributed by atoms with E-state index in [1.165, 1.54) is 0 Å². The maximum Gasteiger partial charge on any atom is 0.184 e. The minimum Gasteiger partial charge on any atom is -0.384 e. The Kier molecular flexibility index (Phi) is 5.09. The summed E-state index contributed by atoms with van der Waals surface area (Å²) in [7, 11) is -3.56. The van der Waals surface area contributed by atoms with E-state index >= 15 is 0 Å². The highest BCUT2D eigenvalue weighted by molar-refractivity contribution is 7.90. The van der Waals surface area contributed by atoms with E-state index in [0.717, 1.165) is 22.2 Å². The van der Waals surface area contributed by atoms with Crippen molar-refractivity contribution in [2.75, 3.05) is 5.73 Å². The molecule has 0 aliphatic rings. The van der Waals surface area contributed by atoms with Gasteiger partial charge in [0.25, 0.3) is 0 Å². The van der Waals surface area contributed by atoms with Crippen LogP contribution in [0.5, 0.6) is 0 Å². The molecule has 0 saturated heterocycles. The van der Waals surface area contributed by atoms with Crippen LogP contribution in [0.1, 0.15) is 37.7 Å². The topological polar surface area (TPSA) is 90.9 Å². The average molecular weight is 435 g/mol. The van der Waals surface area contributed by atoms with E-state index in [1.807, 2.05) is 43.3 Å². The first-order chi connectivity index (χ1) is 14.5. The number of fused-ring (bicyclic) bond motifs is 1. The quantitative estimate of drug-likeness (QED) is 0.508. The molecule has 0 amide bonds. The van der Waals surface area contributed by atoms with Crippen LogP contribution in [0.25, 0.3) is 16.6 Å². The third-order valence-corrected chi connectivity index (χ3v) is 6.93. The summed E-state index contributed by atoms with van der Waals surface area (Å²) in [6.45, 7) is 8.14. The number of nitrogens with two attached hydrogens (primary N) is 1. The number of hydrogen-bond donors (Lipinski definition) is 1. The van der Waals surface area contributed by atoms with Gasteiger partial charge in [0, 0.05) is 11.5 Å². The number of hydrogen-bond acceptors (Lipinski definition) is 5. The van der Waals surface area contributed by atoms with Crippen molar-refractivity contribution in [3.05, 3.63) is 77.6 Å². The summed E-state index contributed by atoms with van der Waals surface area (Å²) >= 11 is 0. The van der Waals surface area contributed by atoms with Crippen molar-refractivity contribution >= 4 is 26.6 Å². The minimum absolute atomic E-state index is 0.0413. The van der Waals surface area contributed by atoms with Crippen LogP contribution in [0.3, 0.4) is 0 Å².